The summed E-state index contributed by atoms with van der Waals surface area (Å²) in [7, 11) is 0. The first kappa shape index (κ1) is 8.54. The summed E-state index contributed by atoms with van der Waals surface area (Å²) in [5, 5.41) is 8.63. The van der Waals surface area contributed by atoms with Crippen molar-refractivity contribution in [3.05, 3.63) is 24.0 Å². The van der Waals surface area contributed by atoms with E-state index in [1.165, 1.54) is 0 Å². The Balaban J connectivity index is 2.77. The number of nitrogens with zero attached hydrogens (tertiary/aromatic N) is 2. The molecule has 3 heteroatoms. The van der Waals surface area contributed by atoms with Gasteiger partial charge in [0.1, 0.15) is 6.07 Å². The summed E-state index contributed by atoms with van der Waals surface area (Å²) in [5.41, 5.74) is 0.353. The monoisotopic (exact) mass is 162 g/mol. The van der Waals surface area contributed by atoms with Crippen LogP contribution in [0.3, 0.4) is 0 Å². The first-order chi connectivity index (χ1) is 5.88. The maximum absolute atomic E-state index is 8.63. The predicted molar refractivity (Wildman–Crippen MR) is 44.7 cm³/mol. The topological polar surface area (TPSA) is 45.9 Å². The van der Waals surface area contributed by atoms with Gasteiger partial charge in [0.15, 0.2) is 11.4 Å². The highest BCUT2D eigenvalue weighted by Gasteiger charge is 2.00. The van der Waals surface area contributed by atoms with Crippen molar-refractivity contribution in [3.8, 4) is 11.8 Å². The van der Waals surface area contributed by atoms with Crippen molar-refractivity contribution >= 4 is 0 Å². The lowest BCUT2D eigenvalue weighted by atomic mass is 10.3. The van der Waals surface area contributed by atoms with Crippen LogP contribution in [0.2, 0.25) is 0 Å². The van der Waals surface area contributed by atoms with Crippen molar-refractivity contribution in [1.82, 2.24) is 4.98 Å². The Hall–Kier alpha value is -1.56. The van der Waals surface area contributed by atoms with Crippen molar-refractivity contribution in [2.45, 2.75) is 13.3 Å². The fraction of sp³-hybridized carbons (Fsp3) is 0.333. The lowest BCUT2D eigenvalue weighted by molar-refractivity contribution is 0.315. The third-order valence-electron chi connectivity index (χ3n) is 1.34. The number of ether oxygens (including phenoxy) is 1. The van der Waals surface area contributed by atoms with E-state index < -0.39 is 0 Å². The summed E-state index contributed by atoms with van der Waals surface area (Å²) < 4.78 is 5.29. The highest BCUT2D eigenvalue weighted by molar-refractivity contribution is 5.36. The minimum Gasteiger partial charge on any atom is -0.491 e. The highest BCUT2D eigenvalue weighted by atomic mass is 16.5. The Bertz CT molecular complexity index is 291. The molecular formula is C9H10N2O. The lowest BCUT2D eigenvalue weighted by Gasteiger charge is -2.03. The maximum atomic E-state index is 8.63. The zero-order valence-corrected chi connectivity index (χ0v) is 6.95. The molecule has 0 aliphatic heterocycles. The fourth-order valence-corrected chi connectivity index (χ4v) is 0.803. The molecule has 0 saturated heterocycles. The average Bonchev–Trinajstić information content (AvgIpc) is 2.15. The molecule has 1 rings (SSSR count). The van der Waals surface area contributed by atoms with Crippen LogP contribution >= 0.6 is 0 Å². The van der Waals surface area contributed by atoms with Gasteiger partial charge in [0.2, 0.25) is 0 Å². The van der Waals surface area contributed by atoms with Gasteiger partial charge in [-0.25, -0.2) is 4.98 Å². The Morgan fingerprint density at radius 2 is 2.50 bits per heavy atom. The first-order valence-corrected chi connectivity index (χ1v) is 3.86. The molecule has 0 bridgehead atoms. The molecule has 0 unspecified atom stereocenters. The smallest absolute Gasteiger partial charge is 0.182 e. The van der Waals surface area contributed by atoms with Crippen LogP contribution in [-0.4, -0.2) is 11.6 Å². The van der Waals surface area contributed by atoms with Gasteiger partial charge in [-0.15, -0.1) is 0 Å². The van der Waals surface area contributed by atoms with Crippen LogP contribution in [0, 0.1) is 11.3 Å². The molecular weight excluding hydrogens is 152 g/mol. The Labute approximate surface area is 71.6 Å². The van der Waals surface area contributed by atoms with Crippen molar-refractivity contribution in [1.29, 1.82) is 5.26 Å². The van der Waals surface area contributed by atoms with Crippen molar-refractivity contribution in [3.63, 3.8) is 0 Å². The van der Waals surface area contributed by atoms with Crippen LogP contribution in [0.25, 0.3) is 0 Å². The molecule has 0 fully saturated rings. The van der Waals surface area contributed by atoms with Gasteiger partial charge in [-0.1, -0.05) is 6.92 Å². The van der Waals surface area contributed by atoms with E-state index >= 15 is 0 Å². The molecule has 1 aromatic rings. The predicted octanol–water partition coefficient (Wildman–Crippen LogP) is 1.74. The van der Waals surface area contributed by atoms with Gasteiger partial charge in [-0.3, -0.25) is 0 Å². The molecule has 0 atom stereocenters. The summed E-state index contributed by atoms with van der Waals surface area (Å²) in [6.07, 6.45) is 2.51. The molecule has 1 heterocycles. The number of aromatic nitrogens is 1. The average molecular weight is 162 g/mol. The van der Waals surface area contributed by atoms with Gasteiger partial charge >= 0.3 is 0 Å². The quantitative estimate of drug-likeness (QED) is 0.680. The van der Waals surface area contributed by atoms with E-state index in [2.05, 4.69) is 4.98 Å². The molecule has 12 heavy (non-hydrogen) atoms. The molecule has 0 N–H and O–H groups in total. The molecule has 0 radical (unpaired) electrons. The number of nitriles is 1. The minimum absolute atomic E-state index is 0.353. The number of hydrogen-bond acceptors (Lipinski definition) is 3. The number of hydrogen-bond donors (Lipinski definition) is 0. The molecule has 62 valence electrons. The summed E-state index contributed by atoms with van der Waals surface area (Å²) >= 11 is 0. The SMILES string of the molecule is CCCOc1cccnc1C#N. The van der Waals surface area contributed by atoms with E-state index in [1.54, 1.807) is 18.3 Å². The second-order valence-corrected chi connectivity index (χ2v) is 2.31. The molecule has 3 nitrogen and oxygen atoms in total. The van der Waals surface area contributed by atoms with Crippen LogP contribution in [0.5, 0.6) is 5.75 Å². The van der Waals surface area contributed by atoms with Gasteiger partial charge in [-0.05, 0) is 18.6 Å². The summed E-state index contributed by atoms with van der Waals surface area (Å²) in [6.45, 7) is 2.64. The summed E-state index contributed by atoms with van der Waals surface area (Å²) in [5.74, 6) is 0.571. The number of pyridine rings is 1. The van der Waals surface area contributed by atoms with Gasteiger partial charge in [0.05, 0.1) is 6.61 Å². The minimum atomic E-state index is 0.353. The molecule has 0 aliphatic carbocycles. The molecule has 0 aromatic carbocycles. The zero-order chi connectivity index (χ0) is 8.81. The van der Waals surface area contributed by atoms with E-state index in [4.69, 9.17) is 10.00 Å². The van der Waals surface area contributed by atoms with E-state index in [-0.39, 0.29) is 0 Å². The first-order valence-electron chi connectivity index (χ1n) is 3.86. The van der Waals surface area contributed by atoms with E-state index in [0.717, 1.165) is 6.42 Å². The van der Waals surface area contributed by atoms with Crippen LogP contribution < -0.4 is 4.74 Å². The van der Waals surface area contributed by atoms with Crippen molar-refractivity contribution < 1.29 is 4.74 Å². The van der Waals surface area contributed by atoms with Crippen LogP contribution in [0.4, 0.5) is 0 Å². The van der Waals surface area contributed by atoms with E-state index in [1.807, 2.05) is 13.0 Å². The van der Waals surface area contributed by atoms with Gasteiger partial charge in [-0.2, -0.15) is 5.26 Å². The van der Waals surface area contributed by atoms with E-state index in [0.29, 0.717) is 18.1 Å². The Morgan fingerprint density at radius 3 is 3.17 bits per heavy atom. The van der Waals surface area contributed by atoms with Crippen LogP contribution in [0.1, 0.15) is 19.0 Å². The lowest BCUT2D eigenvalue weighted by Crippen LogP contribution is -1.98. The van der Waals surface area contributed by atoms with Gasteiger partial charge in [0.25, 0.3) is 0 Å². The molecule has 0 amide bonds. The largest absolute Gasteiger partial charge is 0.491 e. The number of rotatable bonds is 3. The molecule has 0 aliphatic rings. The third-order valence-corrected chi connectivity index (χ3v) is 1.34. The summed E-state index contributed by atoms with van der Waals surface area (Å²) in [4.78, 5) is 3.86. The van der Waals surface area contributed by atoms with Crippen LogP contribution in [-0.2, 0) is 0 Å². The van der Waals surface area contributed by atoms with Crippen LogP contribution in [0.15, 0.2) is 18.3 Å². The Kier molecular flexibility index (Phi) is 3.09. The summed E-state index contributed by atoms with van der Waals surface area (Å²) in [6, 6.07) is 5.48. The fourth-order valence-electron chi connectivity index (χ4n) is 0.803. The molecule has 1 aromatic heterocycles. The molecule has 0 saturated carbocycles. The van der Waals surface area contributed by atoms with Crippen molar-refractivity contribution in [2.75, 3.05) is 6.61 Å². The molecule has 0 spiro atoms. The second kappa shape index (κ2) is 4.35. The van der Waals surface area contributed by atoms with Gasteiger partial charge in [0, 0.05) is 6.20 Å². The highest BCUT2D eigenvalue weighted by Crippen LogP contribution is 2.13. The van der Waals surface area contributed by atoms with E-state index in [9.17, 15) is 0 Å². The normalized spacial score (nSPS) is 9.00. The van der Waals surface area contributed by atoms with Gasteiger partial charge < -0.3 is 4.74 Å². The maximum Gasteiger partial charge on any atom is 0.182 e. The third kappa shape index (κ3) is 1.96. The van der Waals surface area contributed by atoms with Crippen molar-refractivity contribution in [2.24, 2.45) is 0 Å². The zero-order valence-electron chi connectivity index (χ0n) is 6.95. The Morgan fingerprint density at radius 1 is 1.67 bits per heavy atom. The second-order valence-electron chi connectivity index (χ2n) is 2.31. The standard InChI is InChI=1S/C9H10N2O/c1-2-6-12-9-4-3-5-11-8(9)7-10/h3-5H,2,6H2,1H3.